The molecule has 0 radical (unpaired) electrons. The molecular weight excluding hydrogens is 178 g/mol. The van der Waals surface area contributed by atoms with E-state index in [4.69, 9.17) is 5.73 Å². The van der Waals surface area contributed by atoms with Gasteiger partial charge in [0.15, 0.2) is 0 Å². The highest BCUT2D eigenvalue weighted by atomic mass is 16.2. The molecule has 1 saturated heterocycles. The zero-order valence-electron chi connectivity index (χ0n) is 8.96. The van der Waals surface area contributed by atoms with Crippen molar-refractivity contribution in [2.45, 2.75) is 38.6 Å². The van der Waals surface area contributed by atoms with Crippen LogP contribution >= 0.6 is 0 Å². The minimum atomic E-state index is -0.392. The van der Waals surface area contributed by atoms with Crippen LogP contribution in [0.2, 0.25) is 0 Å². The maximum Gasteiger partial charge on any atom is 0.312 e. The smallest absolute Gasteiger partial charge is 0.312 e. The molecule has 0 aromatic heterocycles. The number of carbonyl (C=O) groups excluding carboxylic acids is 1. The monoisotopic (exact) mass is 199 g/mol. The van der Waals surface area contributed by atoms with Crippen molar-refractivity contribution in [2.24, 2.45) is 5.73 Å². The summed E-state index contributed by atoms with van der Waals surface area (Å²) in [5, 5.41) is 2.77. The lowest BCUT2D eigenvalue weighted by Crippen LogP contribution is -2.46. The number of hydrogen-bond acceptors (Lipinski definition) is 2. The van der Waals surface area contributed by atoms with Gasteiger partial charge >= 0.3 is 6.03 Å². The van der Waals surface area contributed by atoms with E-state index in [0.29, 0.717) is 6.04 Å². The lowest BCUT2D eigenvalue weighted by atomic mass is 10.1. The minimum Gasteiger partial charge on any atom is -0.352 e. The van der Waals surface area contributed by atoms with Gasteiger partial charge in [-0.1, -0.05) is 13.3 Å². The molecule has 0 aliphatic carbocycles. The number of urea groups is 1. The summed E-state index contributed by atoms with van der Waals surface area (Å²) in [5.74, 6) is 0. The van der Waals surface area contributed by atoms with Gasteiger partial charge in [-0.25, -0.2) is 4.79 Å². The molecule has 0 atom stereocenters. The van der Waals surface area contributed by atoms with Gasteiger partial charge in [0.05, 0.1) is 0 Å². The average molecular weight is 199 g/mol. The Morgan fingerprint density at radius 3 is 2.64 bits per heavy atom. The first-order valence-corrected chi connectivity index (χ1v) is 5.50. The molecule has 0 saturated carbocycles. The zero-order valence-corrected chi connectivity index (χ0v) is 8.96. The second kappa shape index (κ2) is 5.86. The van der Waals surface area contributed by atoms with E-state index in [1.807, 2.05) is 0 Å². The van der Waals surface area contributed by atoms with E-state index in [1.54, 1.807) is 0 Å². The summed E-state index contributed by atoms with van der Waals surface area (Å²) in [6.45, 7) is 5.58. The molecule has 1 rings (SSSR count). The third-order valence-corrected chi connectivity index (χ3v) is 2.76. The highest BCUT2D eigenvalue weighted by Gasteiger charge is 2.18. The molecule has 0 bridgehead atoms. The van der Waals surface area contributed by atoms with E-state index in [-0.39, 0.29) is 0 Å². The summed E-state index contributed by atoms with van der Waals surface area (Å²) in [6, 6.07) is -0.0950. The Labute approximate surface area is 85.8 Å². The molecule has 0 unspecified atom stereocenters. The lowest BCUT2D eigenvalue weighted by Gasteiger charge is -2.31. The number of carbonyl (C=O) groups is 1. The minimum absolute atomic E-state index is 0.297. The van der Waals surface area contributed by atoms with Crippen LogP contribution in [0.4, 0.5) is 4.79 Å². The molecule has 14 heavy (non-hydrogen) atoms. The van der Waals surface area contributed by atoms with Crippen LogP contribution in [0.25, 0.3) is 0 Å². The summed E-state index contributed by atoms with van der Waals surface area (Å²) in [6.07, 6.45) is 4.59. The maximum absolute atomic E-state index is 10.6. The van der Waals surface area contributed by atoms with E-state index < -0.39 is 6.03 Å². The second-order valence-electron chi connectivity index (χ2n) is 3.98. The van der Waals surface area contributed by atoms with Gasteiger partial charge in [0.25, 0.3) is 0 Å². The molecule has 1 aliphatic rings. The summed E-state index contributed by atoms with van der Waals surface area (Å²) in [7, 11) is 0. The first-order valence-electron chi connectivity index (χ1n) is 5.50. The largest absolute Gasteiger partial charge is 0.352 e. The number of rotatable bonds is 4. The second-order valence-corrected chi connectivity index (χ2v) is 3.98. The fourth-order valence-electron chi connectivity index (χ4n) is 1.88. The van der Waals surface area contributed by atoms with Crippen LogP contribution in [0.15, 0.2) is 0 Å². The van der Waals surface area contributed by atoms with E-state index in [0.717, 1.165) is 25.9 Å². The predicted molar refractivity (Wildman–Crippen MR) is 57.1 cm³/mol. The van der Waals surface area contributed by atoms with Gasteiger partial charge in [0.1, 0.15) is 0 Å². The van der Waals surface area contributed by atoms with Crippen molar-refractivity contribution >= 4 is 6.03 Å². The van der Waals surface area contributed by atoms with Gasteiger partial charge in [0, 0.05) is 19.1 Å². The van der Waals surface area contributed by atoms with Crippen molar-refractivity contribution < 1.29 is 4.79 Å². The van der Waals surface area contributed by atoms with Crippen LogP contribution in [0.3, 0.4) is 0 Å². The summed E-state index contributed by atoms with van der Waals surface area (Å²) < 4.78 is 0. The SMILES string of the molecule is CCCCN1CCC(NC(N)=O)CC1. The Hall–Kier alpha value is -0.770. The quantitative estimate of drug-likeness (QED) is 0.707. The number of likely N-dealkylation sites (tertiary alicyclic amines) is 1. The third kappa shape index (κ3) is 3.96. The molecule has 1 fully saturated rings. The van der Waals surface area contributed by atoms with Gasteiger partial charge in [-0.3, -0.25) is 0 Å². The van der Waals surface area contributed by atoms with E-state index in [9.17, 15) is 4.79 Å². The first-order chi connectivity index (χ1) is 6.72. The number of amides is 2. The molecule has 2 amide bonds. The predicted octanol–water partition coefficient (Wildman–Crippen LogP) is 0.919. The average Bonchev–Trinajstić information content (AvgIpc) is 2.16. The Balaban J connectivity index is 2.14. The van der Waals surface area contributed by atoms with Crippen molar-refractivity contribution in [3.63, 3.8) is 0 Å². The summed E-state index contributed by atoms with van der Waals surface area (Å²) in [4.78, 5) is 13.1. The third-order valence-electron chi connectivity index (χ3n) is 2.76. The number of primary amides is 1. The summed E-state index contributed by atoms with van der Waals surface area (Å²) >= 11 is 0. The molecule has 1 heterocycles. The molecule has 4 nitrogen and oxygen atoms in total. The highest BCUT2D eigenvalue weighted by Crippen LogP contribution is 2.10. The lowest BCUT2D eigenvalue weighted by molar-refractivity contribution is 0.193. The van der Waals surface area contributed by atoms with Gasteiger partial charge in [-0.05, 0) is 25.8 Å². The Kier molecular flexibility index (Phi) is 4.73. The number of nitrogens with two attached hydrogens (primary N) is 1. The van der Waals surface area contributed by atoms with Crippen LogP contribution in [-0.2, 0) is 0 Å². The van der Waals surface area contributed by atoms with Crippen molar-refractivity contribution in [3.05, 3.63) is 0 Å². The highest BCUT2D eigenvalue weighted by molar-refractivity contribution is 5.71. The standard InChI is InChI=1S/C10H21N3O/c1-2-3-6-13-7-4-9(5-8-13)12-10(11)14/h9H,2-8H2,1H3,(H3,11,12,14). The van der Waals surface area contributed by atoms with Gasteiger partial charge < -0.3 is 16.0 Å². The number of nitrogens with zero attached hydrogens (tertiary/aromatic N) is 1. The van der Waals surface area contributed by atoms with Crippen molar-refractivity contribution in [2.75, 3.05) is 19.6 Å². The van der Waals surface area contributed by atoms with Crippen LogP contribution in [-0.4, -0.2) is 36.6 Å². The molecule has 82 valence electrons. The Morgan fingerprint density at radius 1 is 1.50 bits per heavy atom. The van der Waals surface area contributed by atoms with E-state index in [1.165, 1.54) is 19.4 Å². The molecule has 3 N–H and O–H groups in total. The van der Waals surface area contributed by atoms with Crippen LogP contribution < -0.4 is 11.1 Å². The van der Waals surface area contributed by atoms with Gasteiger partial charge in [0.2, 0.25) is 0 Å². The fraction of sp³-hybridized carbons (Fsp3) is 0.900. The molecule has 1 aliphatic heterocycles. The maximum atomic E-state index is 10.6. The van der Waals surface area contributed by atoms with Crippen LogP contribution in [0, 0.1) is 0 Å². The first kappa shape index (κ1) is 11.3. The molecular formula is C10H21N3O. The van der Waals surface area contributed by atoms with Gasteiger partial charge in [-0.2, -0.15) is 0 Å². The number of nitrogens with one attached hydrogen (secondary N) is 1. The Morgan fingerprint density at radius 2 is 2.14 bits per heavy atom. The number of hydrogen-bond donors (Lipinski definition) is 2. The molecule has 4 heteroatoms. The van der Waals surface area contributed by atoms with E-state index >= 15 is 0 Å². The van der Waals surface area contributed by atoms with Crippen LogP contribution in [0.5, 0.6) is 0 Å². The van der Waals surface area contributed by atoms with Crippen molar-refractivity contribution in [1.29, 1.82) is 0 Å². The Bertz CT molecular complexity index is 176. The number of piperidine rings is 1. The van der Waals surface area contributed by atoms with Crippen molar-refractivity contribution in [3.8, 4) is 0 Å². The zero-order chi connectivity index (χ0) is 10.4. The van der Waals surface area contributed by atoms with Gasteiger partial charge in [-0.15, -0.1) is 0 Å². The normalized spacial score (nSPS) is 19.5. The topological polar surface area (TPSA) is 58.4 Å². The molecule has 0 aromatic carbocycles. The van der Waals surface area contributed by atoms with E-state index in [2.05, 4.69) is 17.1 Å². The fourth-order valence-corrected chi connectivity index (χ4v) is 1.88. The number of unbranched alkanes of at least 4 members (excludes halogenated alkanes) is 1. The molecule has 0 aromatic rings. The molecule has 0 spiro atoms. The summed E-state index contributed by atoms with van der Waals surface area (Å²) in [5.41, 5.74) is 5.07. The van der Waals surface area contributed by atoms with Crippen LogP contribution in [0.1, 0.15) is 32.6 Å². The van der Waals surface area contributed by atoms with Crippen molar-refractivity contribution in [1.82, 2.24) is 10.2 Å².